The topological polar surface area (TPSA) is 100 Å². The summed E-state index contributed by atoms with van der Waals surface area (Å²) in [5, 5.41) is 14.3. The van der Waals surface area contributed by atoms with Crippen LogP contribution in [0.3, 0.4) is 0 Å². The Morgan fingerprint density at radius 2 is 1.90 bits per heavy atom. The highest BCUT2D eigenvalue weighted by atomic mass is 16.5. The molecule has 0 atom stereocenters. The van der Waals surface area contributed by atoms with Crippen molar-refractivity contribution in [3.05, 3.63) is 53.6 Å². The largest absolute Gasteiger partial charge is 0.493 e. The second-order valence-corrected chi connectivity index (χ2v) is 6.85. The fourth-order valence-electron chi connectivity index (χ4n) is 2.48. The van der Waals surface area contributed by atoms with E-state index in [9.17, 15) is 9.59 Å². The van der Waals surface area contributed by atoms with E-state index in [1.165, 1.54) is 13.2 Å². The number of benzene rings is 2. The van der Waals surface area contributed by atoms with Crippen LogP contribution in [0.5, 0.6) is 11.5 Å². The predicted octanol–water partition coefficient (Wildman–Crippen LogP) is 4.15. The Bertz CT molecular complexity index is 990. The number of carbonyl (C=O) groups is 2. The maximum atomic E-state index is 12.4. The van der Waals surface area contributed by atoms with Gasteiger partial charge in [0.2, 0.25) is 11.8 Å². The molecule has 2 amide bonds. The molecule has 0 saturated carbocycles. The number of methoxy groups -OCH3 is 1. The van der Waals surface area contributed by atoms with Crippen LogP contribution < -0.4 is 20.1 Å². The fraction of sp³-hybridized carbons (Fsp3) is 0.261. The van der Waals surface area contributed by atoms with E-state index in [1.54, 1.807) is 36.4 Å². The number of nitrogens with one attached hydrogen (secondary N) is 2. The van der Waals surface area contributed by atoms with Gasteiger partial charge in [-0.2, -0.15) is 5.26 Å². The number of ether oxygens (including phenoxy) is 2. The smallest absolute Gasteiger partial charge is 0.248 e. The van der Waals surface area contributed by atoms with Crippen LogP contribution in [0.15, 0.2) is 42.5 Å². The van der Waals surface area contributed by atoms with Crippen molar-refractivity contribution in [2.45, 2.75) is 20.8 Å². The van der Waals surface area contributed by atoms with Gasteiger partial charge < -0.3 is 20.1 Å². The minimum absolute atomic E-state index is 0.0794. The number of aryl methyl sites for hydroxylation is 1. The zero-order chi connectivity index (χ0) is 22.1. The van der Waals surface area contributed by atoms with Gasteiger partial charge in [-0.1, -0.05) is 26.0 Å². The van der Waals surface area contributed by atoms with Gasteiger partial charge in [-0.05, 0) is 48.4 Å². The van der Waals surface area contributed by atoms with Crippen LogP contribution in [0.2, 0.25) is 0 Å². The minimum atomic E-state index is -0.311. The van der Waals surface area contributed by atoms with E-state index in [1.807, 2.05) is 32.9 Å². The van der Waals surface area contributed by atoms with Crippen molar-refractivity contribution in [2.24, 2.45) is 5.92 Å². The number of hydrogen-bond donors (Lipinski definition) is 2. The molecule has 7 heteroatoms. The highest BCUT2D eigenvalue weighted by Gasteiger charge is 2.09. The molecule has 0 aliphatic carbocycles. The summed E-state index contributed by atoms with van der Waals surface area (Å²) in [6, 6.07) is 12.4. The van der Waals surface area contributed by atoms with Gasteiger partial charge in [0.15, 0.2) is 18.1 Å². The Morgan fingerprint density at radius 1 is 1.13 bits per heavy atom. The first kappa shape index (κ1) is 22.5. The van der Waals surface area contributed by atoms with E-state index < -0.39 is 0 Å². The summed E-state index contributed by atoms with van der Waals surface area (Å²) in [6.45, 7) is 5.42. The average Bonchev–Trinajstić information content (AvgIpc) is 2.73. The molecule has 2 N–H and O–H groups in total. The van der Waals surface area contributed by atoms with E-state index >= 15 is 0 Å². The molecular formula is C23H25N3O4. The molecule has 0 spiro atoms. The Labute approximate surface area is 176 Å². The van der Waals surface area contributed by atoms with Gasteiger partial charge in [-0.3, -0.25) is 9.59 Å². The molecule has 0 unspecified atom stereocenters. The van der Waals surface area contributed by atoms with E-state index in [0.717, 1.165) is 11.1 Å². The van der Waals surface area contributed by atoms with E-state index in [-0.39, 0.29) is 24.3 Å². The van der Waals surface area contributed by atoms with Crippen molar-refractivity contribution in [3.63, 3.8) is 0 Å². The zero-order valence-corrected chi connectivity index (χ0v) is 17.5. The van der Waals surface area contributed by atoms with Crippen LogP contribution in [0.25, 0.3) is 6.08 Å². The molecule has 2 aromatic carbocycles. The van der Waals surface area contributed by atoms with Gasteiger partial charge in [0.25, 0.3) is 0 Å². The monoisotopic (exact) mass is 407 g/mol. The molecule has 0 saturated heterocycles. The van der Waals surface area contributed by atoms with Crippen molar-refractivity contribution in [1.82, 2.24) is 0 Å². The number of carbonyl (C=O) groups excluding carboxylic acids is 2. The number of amides is 2. The summed E-state index contributed by atoms with van der Waals surface area (Å²) in [7, 11) is 1.50. The predicted molar refractivity (Wildman–Crippen MR) is 116 cm³/mol. The molecule has 0 bridgehead atoms. The Kier molecular flexibility index (Phi) is 8.00. The highest BCUT2D eigenvalue weighted by molar-refractivity contribution is 6.03. The molecule has 2 aromatic rings. The molecule has 0 heterocycles. The SMILES string of the molecule is COc1cc(/C=C/C(=O)Nc2cc(NC(=O)C(C)C)ccc2C)ccc1OCC#N. The van der Waals surface area contributed by atoms with Crippen molar-refractivity contribution in [3.8, 4) is 17.6 Å². The lowest BCUT2D eigenvalue weighted by atomic mass is 10.1. The Balaban J connectivity index is 2.09. The van der Waals surface area contributed by atoms with Crippen LogP contribution in [-0.4, -0.2) is 25.5 Å². The van der Waals surface area contributed by atoms with Crippen LogP contribution >= 0.6 is 0 Å². The molecule has 0 fully saturated rings. The third-order valence-corrected chi connectivity index (χ3v) is 4.19. The van der Waals surface area contributed by atoms with Gasteiger partial charge in [-0.25, -0.2) is 0 Å². The average molecular weight is 407 g/mol. The summed E-state index contributed by atoms with van der Waals surface area (Å²) < 4.78 is 10.5. The maximum Gasteiger partial charge on any atom is 0.248 e. The van der Waals surface area contributed by atoms with Crippen LogP contribution in [-0.2, 0) is 9.59 Å². The Morgan fingerprint density at radius 3 is 2.57 bits per heavy atom. The van der Waals surface area contributed by atoms with Gasteiger partial charge in [0.1, 0.15) is 6.07 Å². The van der Waals surface area contributed by atoms with E-state index in [4.69, 9.17) is 14.7 Å². The number of hydrogen-bond acceptors (Lipinski definition) is 5. The molecule has 0 aromatic heterocycles. The fourth-order valence-corrected chi connectivity index (χ4v) is 2.48. The lowest BCUT2D eigenvalue weighted by Crippen LogP contribution is -2.18. The number of anilines is 2. The van der Waals surface area contributed by atoms with E-state index in [0.29, 0.717) is 22.9 Å². The molecule has 0 aliphatic rings. The second-order valence-electron chi connectivity index (χ2n) is 6.85. The van der Waals surface area contributed by atoms with Gasteiger partial charge >= 0.3 is 0 Å². The van der Waals surface area contributed by atoms with Crippen molar-refractivity contribution in [2.75, 3.05) is 24.4 Å². The minimum Gasteiger partial charge on any atom is -0.493 e. The number of rotatable bonds is 8. The second kappa shape index (κ2) is 10.7. The standard InChI is InChI=1S/C23H25N3O4/c1-15(2)23(28)25-18-8-5-16(3)19(14-18)26-22(27)10-7-17-6-9-20(30-12-11-24)21(13-17)29-4/h5-10,13-15H,12H2,1-4H3,(H,25,28)(H,26,27)/b10-7+. The first-order valence-electron chi connectivity index (χ1n) is 9.42. The first-order valence-corrected chi connectivity index (χ1v) is 9.42. The molecule has 0 radical (unpaired) electrons. The van der Waals surface area contributed by atoms with Gasteiger partial charge in [0, 0.05) is 23.4 Å². The summed E-state index contributed by atoms with van der Waals surface area (Å²) in [4.78, 5) is 24.2. The van der Waals surface area contributed by atoms with Gasteiger partial charge in [-0.15, -0.1) is 0 Å². The third kappa shape index (κ3) is 6.38. The first-order chi connectivity index (χ1) is 14.3. The Hall–Kier alpha value is -3.79. The summed E-state index contributed by atoms with van der Waals surface area (Å²) in [5.74, 6) is 0.385. The van der Waals surface area contributed by atoms with Crippen LogP contribution in [0.1, 0.15) is 25.0 Å². The van der Waals surface area contributed by atoms with Gasteiger partial charge in [0.05, 0.1) is 7.11 Å². The number of nitrogens with zero attached hydrogens (tertiary/aromatic N) is 1. The lowest BCUT2D eigenvalue weighted by molar-refractivity contribution is -0.119. The molecule has 0 aliphatic heterocycles. The summed E-state index contributed by atoms with van der Waals surface area (Å²) in [6.07, 6.45) is 3.05. The summed E-state index contributed by atoms with van der Waals surface area (Å²) in [5.41, 5.74) is 2.85. The van der Waals surface area contributed by atoms with Crippen molar-refractivity contribution < 1.29 is 19.1 Å². The van der Waals surface area contributed by atoms with Crippen LogP contribution in [0.4, 0.5) is 11.4 Å². The molecule has 2 rings (SSSR count). The highest BCUT2D eigenvalue weighted by Crippen LogP contribution is 2.28. The summed E-state index contributed by atoms with van der Waals surface area (Å²) >= 11 is 0. The van der Waals surface area contributed by atoms with E-state index in [2.05, 4.69) is 10.6 Å². The quantitative estimate of drug-likeness (QED) is 0.640. The zero-order valence-electron chi connectivity index (χ0n) is 17.5. The molecule has 7 nitrogen and oxygen atoms in total. The van der Waals surface area contributed by atoms with Crippen LogP contribution in [0, 0.1) is 24.2 Å². The lowest BCUT2D eigenvalue weighted by Gasteiger charge is -2.12. The molecular weight excluding hydrogens is 382 g/mol. The normalized spacial score (nSPS) is 10.5. The maximum absolute atomic E-state index is 12.4. The molecule has 30 heavy (non-hydrogen) atoms. The van der Waals surface area contributed by atoms with Crippen molar-refractivity contribution in [1.29, 1.82) is 5.26 Å². The number of nitriles is 1. The third-order valence-electron chi connectivity index (χ3n) is 4.19. The van der Waals surface area contributed by atoms with Crippen molar-refractivity contribution >= 4 is 29.3 Å². The molecule has 156 valence electrons.